The summed E-state index contributed by atoms with van der Waals surface area (Å²) in [7, 11) is 0. The standard InChI is InChI=1S/C12H23N3O3/c1-3-12(2,11(13)17)15-10(16)8-18-9-4-6-14-7-5-9/h9,14H,3-8H2,1-2H3,(H2,13,17)(H,15,16). The summed E-state index contributed by atoms with van der Waals surface area (Å²) < 4.78 is 5.51. The van der Waals surface area contributed by atoms with E-state index in [2.05, 4.69) is 10.6 Å². The van der Waals surface area contributed by atoms with Gasteiger partial charge in [-0.1, -0.05) is 6.92 Å². The van der Waals surface area contributed by atoms with E-state index < -0.39 is 11.4 Å². The van der Waals surface area contributed by atoms with Crippen LogP contribution in [0.3, 0.4) is 0 Å². The maximum atomic E-state index is 11.7. The molecule has 1 unspecified atom stereocenters. The summed E-state index contributed by atoms with van der Waals surface area (Å²) in [5.41, 5.74) is 4.27. The molecule has 1 atom stereocenters. The molecule has 0 aromatic carbocycles. The van der Waals surface area contributed by atoms with Crippen LogP contribution in [0, 0.1) is 0 Å². The summed E-state index contributed by atoms with van der Waals surface area (Å²) in [5, 5.41) is 5.85. The van der Waals surface area contributed by atoms with E-state index in [-0.39, 0.29) is 18.6 Å². The number of ether oxygens (including phenoxy) is 1. The Bertz CT molecular complexity index is 303. The largest absolute Gasteiger partial charge is 0.368 e. The number of primary amides is 1. The fraction of sp³-hybridized carbons (Fsp3) is 0.833. The fourth-order valence-corrected chi connectivity index (χ4v) is 1.82. The number of piperidine rings is 1. The van der Waals surface area contributed by atoms with Crippen molar-refractivity contribution in [1.29, 1.82) is 0 Å². The number of nitrogens with one attached hydrogen (secondary N) is 2. The Kier molecular flexibility index (Phi) is 5.55. The molecule has 2 amide bonds. The minimum atomic E-state index is -0.992. The molecule has 18 heavy (non-hydrogen) atoms. The van der Waals surface area contributed by atoms with Gasteiger partial charge in [0, 0.05) is 0 Å². The molecule has 1 heterocycles. The van der Waals surface area contributed by atoms with Gasteiger partial charge in [-0.3, -0.25) is 9.59 Å². The topological polar surface area (TPSA) is 93.4 Å². The molecule has 0 saturated carbocycles. The first-order valence-electron chi connectivity index (χ1n) is 6.41. The van der Waals surface area contributed by atoms with Gasteiger partial charge in [0.05, 0.1) is 6.10 Å². The Hall–Kier alpha value is -1.14. The van der Waals surface area contributed by atoms with Gasteiger partial charge in [0.15, 0.2) is 0 Å². The first-order valence-corrected chi connectivity index (χ1v) is 6.41. The molecule has 1 rings (SSSR count). The molecule has 0 aromatic heterocycles. The highest BCUT2D eigenvalue weighted by molar-refractivity contribution is 5.90. The van der Waals surface area contributed by atoms with Crippen LogP contribution in [-0.4, -0.2) is 43.2 Å². The molecule has 0 aliphatic carbocycles. The lowest BCUT2D eigenvalue weighted by atomic mass is 9.98. The molecular weight excluding hydrogens is 234 g/mol. The van der Waals surface area contributed by atoms with E-state index in [0.29, 0.717) is 6.42 Å². The highest BCUT2D eigenvalue weighted by Gasteiger charge is 2.30. The van der Waals surface area contributed by atoms with Gasteiger partial charge in [0.2, 0.25) is 11.8 Å². The molecule has 1 fully saturated rings. The number of nitrogens with two attached hydrogens (primary N) is 1. The highest BCUT2D eigenvalue weighted by Crippen LogP contribution is 2.09. The molecule has 6 nitrogen and oxygen atoms in total. The quantitative estimate of drug-likeness (QED) is 0.599. The summed E-state index contributed by atoms with van der Waals surface area (Å²) in [6.45, 7) is 5.24. The molecule has 6 heteroatoms. The second kappa shape index (κ2) is 6.70. The van der Waals surface area contributed by atoms with Gasteiger partial charge < -0.3 is 21.1 Å². The minimum absolute atomic E-state index is 0.0203. The molecule has 0 bridgehead atoms. The van der Waals surface area contributed by atoms with E-state index in [1.807, 2.05) is 0 Å². The molecule has 1 aliphatic heterocycles. The maximum absolute atomic E-state index is 11.7. The lowest BCUT2D eigenvalue weighted by molar-refractivity contribution is -0.135. The number of carbonyl (C=O) groups excluding carboxylic acids is 2. The summed E-state index contributed by atoms with van der Waals surface area (Å²) in [4.78, 5) is 23.0. The third-order valence-corrected chi connectivity index (χ3v) is 3.40. The van der Waals surface area contributed by atoms with Gasteiger partial charge in [-0.2, -0.15) is 0 Å². The van der Waals surface area contributed by atoms with Crippen LogP contribution < -0.4 is 16.4 Å². The second-order valence-electron chi connectivity index (χ2n) is 4.86. The molecule has 104 valence electrons. The van der Waals surface area contributed by atoms with Gasteiger partial charge in [-0.05, 0) is 39.3 Å². The normalized spacial score (nSPS) is 20.1. The predicted molar refractivity (Wildman–Crippen MR) is 67.9 cm³/mol. The molecule has 1 aliphatic rings. The van der Waals surface area contributed by atoms with Crippen molar-refractivity contribution in [3.8, 4) is 0 Å². The van der Waals surface area contributed by atoms with Gasteiger partial charge in [-0.15, -0.1) is 0 Å². The molecule has 0 aromatic rings. The van der Waals surface area contributed by atoms with Crippen molar-refractivity contribution >= 4 is 11.8 Å². The molecule has 1 saturated heterocycles. The second-order valence-corrected chi connectivity index (χ2v) is 4.86. The monoisotopic (exact) mass is 257 g/mol. The Morgan fingerprint density at radius 2 is 2.06 bits per heavy atom. The van der Waals surface area contributed by atoms with Crippen LogP contribution in [0.25, 0.3) is 0 Å². The van der Waals surface area contributed by atoms with Crippen molar-refractivity contribution < 1.29 is 14.3 Å². The third-order valence-electron chi connectivity index (χ3n) is 3.40. The van der Waals surface area contributed by atoms with Gasteiger partial charge >= 0.3 is 0 Å². The summed E-state index contributed by atoms with van der Waals surface area (Å²) >= 11 is 0. The van der Waals surface area contributed by atoms with Crippen molar-refractivity contribution in [1.82, 2.24) is 10.6 Å². The predicted octanol–water partition coefficient (Wildman–Crippen LogP) is -0.475. The SMILES string of the molecule is CCC(C)(NC(=O)COC1CCNCC1)C(N)=O. The van der Waals surface area contributed by atoms with Crippen molar-refractivity contribution in [3.05, 3.63) is 0 Å². The van der Waals surface area contributed by atoms with Crippen LogP contribution in [0.1, 0.15) is 33.1 Å². The smallest absolute Gasteiger partial charge is 0.246 e. The van der Waals surface area contributed by atoms with Crippen LogP contribution in [-0.2, 0) is 14.3 Å². The first kappa shape index (κ1) is 14.9. The van der Waals surface area contributed by atoms with Crippen LogP contribution in [0.2, 0.25) is 0 Å². The van der Waals surface area contributed by atoms with Gasteiger partial charge in [0.1, 0.15) is 12.1 Å². The van der Waals surface area contributed by atoms with E-state index in [1.165, 1.54) is 0 Å². The van der Waals surface area contributed by atoms with Crippen molar-refractivity contribution in [2.75, 3.05) is 19.7 Å². The van der Waals surface area contributed by atoms with Crippen LogP contribution in [0.5, 0.6) is 0 Å². The van der Waals surface area contributed by atoms with E-state index in [9.17, 15) is 9.59 Å². The summed E-state index contributed by atoms with van der Waals surface area (Å²) in [6, 6.07) is 0. The highest BCUT2D eigenvalue weighted by atomic mass is 16.5. The van der Waals surface area contributed by atoms with Gasteiger partial charge in [0.25, 0.3) is 0 Å². The minimum Gasteiger partial charge on any atom is -0.368 e. The molecule has 0 radical (unpaired) electrons. The Balaban J connectivity index is 2.34. The maximum Gasteiger partial charge on any atom is 0.246 e. The fourth-order valence-electron chi connectivity index (χ4n) is 1.82. The van der Waals surface area contributed by atoms with E-state index in [1.54, 1.807) is 13.8 Å². The third kappa shape index (κ3) is 4.27. The summed E-state index contributed by atoms with van der Waals surface area (Å²) in [5.74, 6) is -0.822. The number of amides is 2. The van der Waals surface area contributed by atoms with Crippen LogP contribution in [0.15, 0.2) is 0 Å². The zero-order valence-corrected chi connectivity index (χ0v) is 11.1. The van der Waals surface area contributed by atoms with E-state index in [0.717, 1.165) is 25.9 Å². The Labute approximate surface area is 108 Å². The zero-order chi connectivity index (χ0) is 13.6. The average Bonchev–Trinajstić information content (AvgIpc) is 2.37. The lowest BCUT2D eigenvalue weighted by Gasteiger charge is -2.27. The van der Waals surface area contributed by atoms with Crippen molar-refractivity contribution in [2.45, 2.75) is 44.8 Å². The molecule has 4 N–H and O–H groups in total. The summed E-state index contributed by atoms with van der Waals surface area (Å²) in [6.07, 6.45) is 2.41. The Morgan fingerprint density at radius 3 is 2.56 bits per heavy atom. The van der Waals surface area contributed by atoms with Gasteiger partial charge in [-0.25, -0.2) is 0 Å². The first-order chi connectivity index (χ1) is 8.48. The number of rotatable bonds is 6. The van der Waals surface area contributed by atoms with E-state index in [4.69, 9.17) is 10.5 Å². The average molecular weight is 257 g/mol. The van der Waals surface area contributed by atoms with Crippen molar-refractivity contribution in [3.63, 3.8) is 0 Å². The molecular formula is C12H23N3O3. The van der Waals surface area contributed by atoms with Crippen molar-refractivity contribution in [2.24, 2.45) is 5.73 Å². The number of hydrogen-bond acceptors (Lipinski definition) is 4. The zero-order valence-electron chi connectivity index (χ0n) is 11.1. The molecule has 0 spiro atoms. The lowest BCUT2D eigenvalue weighted by Crippen LogP contribution is -2.55. The number of hydrogen-bond donors (Lipinski definition) is 3. The number of carbonyl (C=O) groups is 2. The Morgan fingerprint density at radius 1 is 1.44 bits per heavy atom. The van der Waals surface area contributed by atoms with E-state index >= 15 is 0 Å². The van der Waals surface area contributed by atoms with Crippen LogP contribution >= 0.6 is 0 Å². The van der Waals surface area contributed by atoms with Crippen LogP contribution in [0.4, 0.5) is 0 Å².